The zero-order chi connectivity index (χ0) is 14.0. The molecule has 0 atom stereocenters. The molecular formula is C16H22N2O. The van der Waals surface area contributed by atoms with E-state index in [9.17, 15) is 0 Å². The van der Waals surface area contributed by atoms with E-state index in [4.69, 9.17) is 10.1 Å². The van der Waals surface area contributed by atoms with Gasteiger partial charge in [-0.1, -0.05) is 12.2 Å². The molecule has 0 unspecified atom stereocenters. The summed E-state index contributed by atoms with van der Waals surface area (Å²) in [5, 5.41) is 9.01. The normalized spacial score (nSPS) is 11.2. The summed E-state index contributed by atoms with van der Waals surface area (Å²) < 4.78 is 2.22. The van der Waals surface area contributed by atoms with Crippen molar-refractivity contribution >= 4 is 11.0 Å². The van der Waals surface area contributed by atoms with Crippen LogP contribution in [0.2, 0.25) is 0 Å². The molecule has 0 radical (unpaired) electrons. The molecule has 3 nitrogen and oxygen atoms in total. The molecule has 0 spiro atoms. The van der Waals surface area contributed by atoms with Crippen molar-refractivity contribution in [3.63, 3.8) is 0 Å². The summed E-state index contributed by atoms with van der Waals surface area (Å²) in [6, 6.07) is 4.34. The summed E-state index contributed by atoms with van der Waals surface area (Å²) in [6.07, 6.45) is 1.55. The van der Waals surface area contributed by atoms with Crippen LogP contribution in [-0.4, -0.2) is 21.3 Å². The van der Waals surface area contributed by atoms with Crippen molar-refractivity contribution in [1.82, 2.24) is 9.55 Å². The van der Waals surface area contributed by atoms with Crippen LogP contribution in [0.3, 0.4) is 0 Å². The number of rotatable bonds is 5. The quantitative estimate of drug-likeness (QED) is 0.837. The minimum Gasteiger partial charge on any atom is -0.396 e. The first-order valence-electron chi connectivity index (χ1n) is 6.74. The lowest BCUT2D eigenvalue weighted by atomic mass is 10.1. The zero-order valence-corrected chi connectivity index (χ0v) is 12.0. The first kappa shape index (κ1) is 13.8. The lowest BCUT2D eigenvalue weighted by Gasteiger charge is -2.09. The molecule has 1 aromatic carbocycles. The van der Waals surface area contributed by atoms with Gasteiger partial charge in [-0.3, -0.25) is 0 Å². The van der Waals surface area contributed by atoms with Crippen molar-refractivity contribution < 1.29 is 5.11 Å². The van der Waals surface area contributed by atoms with E-state index in [1.165, 1.54) is 16.6 Å². The fourth-order valence-corrected chi connectivity index (χ4v) is 2.30. The molecule has 0 saturated heterocycles. The molecule has 0 fully saturated rings. The fourth-order valence-electron chi connectivity index (χ4n) is 2.30. The number of allylic oxidation sites excluding steroid dienone is 1. The molecule has 0 bridgehead atoms. The molecule has 3 heteroatoms. The number of imidazole rings is 1. The van der Waals surface area contributed by atoms with Gasteiger partial charge in [-0.25, -0.2) is 4.98 Å². The summed E-state index contributed by atoms with van der Waals surface area (Å²) >= 11 is 0. The molecule has 0 aliphatic rings. The van der Waals surface area contributed by atoms with Gasteiger partial charge < -0.3 is 9.67 Å². The number of aromatic nitrogens is 2. The Morgan fingerprint density at radius 2 is 2.00 bits per heavy atom. The average molecular weight is 258 g/mol. The van der Waals surface area contributed by atoms with E-state index in [0.29, 0.717) is 0 Å². The molecule has 0 amide bonds. The predicted molar refractivity (Wildman–Crippen MR) is 79.4 cm³/mol. The summed E-state index contributed by atoms with van der Waals surface area (Å²) in [5.41, 5.74) is 5.87. The fraction of sp³-hybridized carbons (Fsp3) is 0.438. The summed E-state index contributed by atoms with van der Waals surface area (Å²) in [4.78, 5) is 4.72. The summed E-state index contributed by atoms with van der Waals surface area (Å²) in [5.74, 6) is 1.04. The van der Waals surface area contributed by atoms with E-state index < -0.39 is 0 Å². The van der Waals surface area contributed by atoms with Crippen LogP contribution in [0, 0.1) is 13.8 Å². The minimum atomic E-state index is 0.203. The van der Waals surface area contributed by atoms with Gasteiger partial charge in [0.15, 0.2) is 0 Å². The molecule has 102 valence electrons. The number of benzene rings is 1. The number of hydrogen-bond donors (Lipinski definition) is 1. The van der Waals surface area contributed by atoms with Crippen LogP contribution < -0.4 is 0 Å². The van der Waals surface area contributed by atoms with Gasteiger partial charge in [0.05, 0.1) is 11.0 Å². The standard InChI is InChI=1S/C16H22N2O/c1-11(2)10-18-15-9-13(4)12(3)8-14(15)17-16(18)6-5-7-19/h8-9,19H,1,5-7,10H2,2-4H3. The van der Waals surface area contributed by atoms with Crippen molar-refractivity contribution in [2.45, 2.75) is 40.2 Å². The first-order chi connectivity index (χ1) is 9.02. The average Bonchev–Trinajstić information content (AvgIpc) is 2.65. The van der Waals surface area contributed by atoms with Crippen molar-refractivity contribution in [3.05, 3.63) is 41.2 Å². The Balaban J connectivity index is 2.55. The molecule has 0 saturated carbocycles. The van der Waals surface area contributed by atoms with Gasteiger partial charge in [-0.05, 0) is 50.5 Å². The maximum absolute atomic E-state index is 9.01. The van der Waals surface area contributed by atoms with Gasteiger partial charge in [0, 0.05) is 19.6 Å². The number of hydrogen-bond acceptors (Lipinski definition) is 2. The number of fused-ring (bicyclic) bond motifs is 1. The highest BCUT2D eigenvalue weighted by Crippen LogP contribution is 2.22. The van der Waals surface area contributed by atoms with Crippen LogP contribution in [0.25, 0.3) is 11.0 Å². The van der Waals surface area contributed by atoms with Crippen LogP contribution in [0.15, 0.2) is 24.3 Å². The Morgan fingerprint density at radius 3 is 2.63 bits per heavy atom. The predicted octanol–water partition coefficient (Wildman–Crippen LogP) is 3.15. The lowest BCUT2D eigenvalue weighted by molar-refractivity contribution is 0.287. The van der Waals surface area contributed by atoms with Gasteiger partial charge in [-0.15, -0.1) is 0 Å². The van der Waals surface area contributed by atoms with E-state index in [1.54, 1.807) is 0 Å². The zero-order valence-electron chi connectivity index (χ0n) is 12.0. The van der Waals surface area contributed by atoms with Crippen LogP contribution in [0.1, 0.15) is 30.3 Å². The second-order valence-corrected chi connectivity index (χ2v) is 5.32. The van der Waals surface area contributed by atoms with Crippen LogP contribution >= 0.6 is 0 Å². The van der Waals surface area contributed by atoms with Gasteiger partial charge in [0.1, 0.15) is 5.82 Å². The largest absolute Gasteiger partial charge is 0.396 e. The van der Waals surface area contributed by atoms with E-state index >= 15 is 0 Å². The third-order valence-corrected chi connectivity index (χ3v) is 3.43. The third-order valence-electron chi connectivity index (χ3n) is 3.43. The molecule has 0 aliphatic carbocycles. The second kappa shape index (κ2) is 5.57. The Kier molecular flexibility index (Phi) is 4.05. The van der Waals surface area contributed by atoms with E-state index in [2.05, 4.69) is 37.1 Å². The van der Waals surface area contributed by atoms with Gasteiger partial charge in [0.2, 0.25) is 0 Å². The highest BCUT2D eigenvalue weighted by molar-refractivity contribution is 5.78. The first-order valence-corrected chi connectivity index (χ1v) is 6.74. The monoisotopic (exact) mass is 258 g/mol. The Morgan fingerprint density at radius 1 is 1.32 bits per heavy atom. The summed E-state index contributed by atoms with van der Waals surface area (Å²) in [7, 11) is 0. The minimum absolute atomic E-state index is 0.203. The van der Waals surface area contributed by atoms with Crippen molar-refractivity contribution in [2.75, 3.05) is 6.61 Å². The third kappa shape index (κ3) is 2.87. The topological polar surface area (TPSA) is 38.0 Å². The molecular weight excluding hydrogens is 236 g/mol. The molecule has 1 N–H and O–H groups in total. The number of aliphatic hydroxyl groups is 1. The number of aliphatic hydroxyl groups excluding tert-OH is 1. The van der Waals surface area contributed by atoms with E-state index in [0.717, 1.165) is 36.3 Å². The van der Waals surface area contributed by atoms with E-state index in [-0.39, 0.29) is 6.61 Å². The van der Waals surface area contributed by atoms with E-state index in [1.807, 2.05) is 6.92 Å². The highest BCUT2D eigenvalue weighted by atomic mass is 16.2. The number of nitrogens with zero attached hydrogens (tertiary/aromatic N) is 2. The Bertz CT molecular complexity index is 611. The van der Waals surface area contributed by atoms with Crippen molar-refractivity contribution in [2.24, 2.45) is 0 Å². The van der Waals surface area contributed by atoms with Gasteiger partial charge in [0.25, 0.3) is 0 Å². The molecule has 2 aromatic rings. The van der Waals surface area contributed by atoms with Crippen molar-refractivity contribution in [1.29, 1.82) is 0 Å². The van der Waals surface area contributed by atoms with Crippen LogP contribution in [0.4, 0.5) is 0 Å². The molecule has 1 aromatic heterocycles. The SMILES string of the molecule is C=C(C)Cn1c(CCCO)nc2cc(C)c(C)cc21. The summed E-state index contributed by atoms with van der Waals surface area (Å²) in [6.45, 7) is 11.3. The highest BCUT2D eigenvalue weighted by Gasteiger charge is 2.11. The molecule has 19 heavy (non-hydrogen) atoms. The Hall–Kier alpha value is -1.61. The van der Waals surface area contributed by atoms with Gasteiger partial charge in [-0.2, -0.15) is 0 Å². The molecule has 0 aliphatic heterocycles. The molecule has 1 heterocycles. The smallest absolute Gasteiger partial charge is 0.110 e. The second-order valence-electron chi connectivity index (χ2n) is 5.32. The van der Waals surface area contributed by atoms with Gasteiger partial charge >= 0.3 is 0 Å². The van der Waals surface area contributed by atoms with Crippen LogP contribution in [0.5, 0.6) is 0 Å². The maximum atomic E-state index is 9.01. The maximum Gasteiger partial charge on any atom is 0.110 e. The number of aryl methyl sites for hydroxylation is 3. The van der Waals surface area contributed by atoms with Crippen molar-refractivity contribution in [3.8, 4) is 0 Å². The lowest BCUT2D eigenvalue weighted by Crippen LogP contribution is -2.05. The Labute approximate surface area is 114 Å². The van der Waals surface area contributed by atoms with Crippen LogP contribution in [-0.2, 0) is 13.0 Å². The molecule has 2 rings (SSSR count).